The lowest BCUT2D eigenvalue weighted by Crippen LogP contribution is -2.54. The predicted molar refractivity (Wildman–Crippen MR) is 125 cm³/mol. The summed E-state index contributed by atoms with van der Waals surface area (Å²) in [6.07, 6.45) is 0.810. The lowest BCUT2D eigenvalue weighted by Gasteiger charge is -2.42. The highest BCUT2D eigenvalue weighted by Gasteiger charge is 2.36. The number of piperidine rings is 1. The van der Waals surface area contributed by atoms with Crippen molar-refractivity contribution in [2.75, 3.05) is 13.1 Å². The van der Waals surface area contributed by atoms with Crippen LogP contribution in [0.2, 0.25) is 0 Å². The Hall–Kier alpha value is -2.15. The predicted octanol–water partition coefficient (Wildman–Crippen LogP) is 3.99. The summed E-state index contributed by atoms with van der Waals surface area (Å²) in [6.45, 7) is 7.51. The van der Waals surface area contributed by atoms with Crippen molar-refractivity contribution in [2.45, 2.75) is 33.2 Å². The summed E-state index contributed by atoms with van der Waals surface area (Å²) in [5, 5.41) is 5.35. The van der Waals surface area contributed by atoms with E-state index in [9.17, 15) is 4.79 Å². The maximum Gasteiger partial charge on any atom is 0.254 e. The molecule has 1 aliphatic heterocycles. The van der Waals surface area contributed by atoms with Gasteiger partial charge < -0.3 is 10.6 Å². The molecule has 1 aromatic carbocycles. The molecule has 1 fully saturated rings. The van der Waals surface area contributed by atoms with Crippen LogP contribution in [0, 0.1) is 12.3 Å². The van der Waals surface area contributed by atoms with Crippen LogP contribution in [-0.4, -0.2) is 44.7 Å². The highest BCUT2D eigenvalue weighted by Crippen LogP contribution is 2.32. The summed E-state index contributed by atoms with van der Waals surface area (Å²) in [4.78, 5) is 20.3. The van der Waals surface area contributed by atoms with E-state index in [0.29, 0.717) is 18.7 Å². The number of hydrogen-bond donors (Lipinski definition) is 1. The van der Waals surface area contributed by atoms with Gasteiger partial charge >= 0.3 is 0 Å². The number of aryl methyl sites for hydroxylation is 2. The van der Waals surface area contributed by atoms with Crippen LogP contribution in [0.15, 0.2) is 36.4 Å². The number of amides is 1. The Kier molecular flexibility index (Phi) is 7.17. The normalized spacial score (nSPS) is 17.9. The zero-order chi connectivity index (χ0) is 20.1. The first kappa shape index (κ1) is 24.1. The number of carbonyl (C=O) groups is 1. The van der Waals surface area contributed by atoms with E-state index >= 15 is 0 Å². The molecule has 3 heterocycles. The summed E-state index contributed by atoms with van der Waals surface area (Å²) in [7, 11) is 1.87. The van der Waals surface area contributed by atoms with Gasteiger partial charge in [-0.1, -0.05) is 44.2 Å². The number of hydrogen-bond acceptors (Lipinski definition) is 4. The number of fused-ring (bicyclic) bond motifs is 1. The number of carbonyl (C=O) groups excluding carboxylic acids is 1. The molecular weight excluding hydrogens is 421 g/mol. The van der Waals surface area contributed by atoms with Crippen LogP contribution in [-0.2, 0) is 7.05 Å². The molecule has 0 aliphatic carbocycles. The number of benzene rings is 1. The molecule has 4 rings (SSSR count). The third kappa shape index (κ3) is 4.17. The van der Waals surface area contributed by atoms with Crippen LogP contribution in [0.1, 0.15) is 36.3 Å². The maximum atomic E-state index is 13.6. The van der Waals surface area contributed by atoms with Crippen molar-refractivity contribution in [1.29, 1.82) is 0 Å². The van der Waals surface area contributed by atoms with E-state index in [1.807, 2.05) is 55.3 Å². The number of aromatic nitrogens is 3. The minimum absolute atomic E-state index is 0. The van der Waals surface area contributed by atoms with Gasteiger partial charge in [0.05, 0.1) is 22.3 Å². The van der Waals surface area contributed by atoms with Crippen molar-refractivity contribution in [3.63, 3.8) is 0 Å². The zero-order valence-electron chi connectivity index (χ0n) is 17.8. The van der Waals surface area contributed by atoms with Crippen molar-refractivity contribution in [3.05, 3.63) is 47.7 Å². The van der Waals surface area contributed by atoms with Crippen LogP contribution in [0.3, 0.4) is 0 Å². The second kappa shape index (κ2) is 8.92. The number of likely N-dealkylation sites (tertiary alicyclic amines) is 1. The molecule has 0 radical (unpaired) electrons. The molecule has 1 unspecified atom stereocenters. The second-order valence-electron chi connectivity index (χ2n) is 8.44. The van der Waals surface area contributed by atoms with Gasteiger partial charge in [-0.15, -0.1) is 24.8 Å². The Morgan fingerprint density at radius 3 is 2.50 bits per heavy atom. The molecule has 1 atom stereocenters. The van der Waals surface area contributed by atoms with E-state index in [1.165, 1.54) is 0 Å². The first-order valence-corrected chi connectivity index (χ1v) is 9.72. The molecule has 1 aliphatic rings. The van der Waals surface area contributed by atoms with Crippen molar-refractivity contribution in [3.8, 4) is 11.3 Å². The summed E-state index contributed by atoms with van der Waals surface area (Å²) in [6, 6.07) is 12.0. The maximum absolute atomic E-state index is 13.6. The topological polar surface area (TPSA) is 77.0 Å². The molecule has 1 amide bonds. The van der Waals surface area contributed by atoms with Crippen LogP contribution >= 0.6 is 24.8 Å². The summed E-state index contributed by atoms with van der Waals surface area (Å²) >= 11 is 0. The second-order valence-corrected chi connectivity index (χ2v) is 8.44. The average Bonchev–Trinajstić information content (AvgIpc) is 2.97. The Morgan fingerprint density at radius 1 is 1.20 bits per heavy atom. The Morgan fingerprint density at radius 2 is 1.87 bits per heavy atom. The van der Waals surface area contributed by atoms with Gasteiger partial charge in [-0.25, -0.2) is 4.98 Å². The third-order valence-corrected chi connectivity index (χ3v) is 5.87. The molecular formula is C22H29Cl2N5O. The number of nitrogens with zero attached hydrogens (tertiary/aromatic N) is 4. The van der Waals surface area contributed by atoms with Gasteiger partial charge in [0.2, 0.25) is 0 Å². The number of rotatable bonds is 2. The van der Waals surface area contributed by atoms with E-state index in [-0.39, 0.29) is 42.2 Å². The summed E-state index contributed by atoms with van der Waals surface area (Å²) in [5.41, 5.74) is 10.2. The molecule has 0 bridgehead atoms. The van der Waals surface area contributed by atoms with Crippen molar-refractivity contribution < 1.29 is 4.79 Å². The van der Waals surface area contributed by atoms with Crippen molar-refractivity contribution in [1.82, 2.24) is 19.7 Å². The van der Waals surface area contributed by atoms with Gasteiger partial charge in [0.1, 0.15) is 0 Å². The highest BCUT2D eigenvalue weighted by molar-refractivity contribution is 6.07. The standard InChI is InChI=1S/C22H27N5O.2ClH/c1-14-19-16(21(28)27-11-10-18(23)22(2,3)13-27)12-17(15-8-6-5-7-9-15)24-20(19)26(4)25-14;;/h5-9,12,18H,10-11,13,23H2,1-4H3;2*1H. The van der Waals surface area contributed by atoms with E-state index < -0.39 is 0 Å². The quantitative estimate of drug-likeness (QED) is 0.641. The molecule has 1 saturated heterocycles. The van der Waals surface area contributed by atoms with Crippen molar-refractivity contribution >= 4 is 41.8 Å². The fourth-order valence-corrected chi connectivity index (χ4v) is 4.09. The van der Waals surface area contributed by atoms with Gasteiger partial charge in [-0.3, -0.25) is 9.48 Å². The molecule has 0 saturated carbocycles. The third-order valence-electron chi connectivity index (χ3n) is 5.87. The van der Waals surface area contributed by atoms with E-state index in [2.05, 4.69) is 18.9 Å². The highest BCUT2D eigenvalue weighted by atomic mass is 35.5. The fraction of sp³-hybridized carbons (Fsp3) is 0.409. The molecule has 2 aromatic heterocycles. The van der Waals surface area contributed by atoms with Gasteiger partial charge in [0.25, 0.3) is 5.91 Å². The monoisotopic (exact) mass is 449 g/mol. The zero-order valence-corrected chi connectivity index (χ0v) is 19.4. The van der Waals surface area contributed by atoms with Gasteiger partial charge in [0, 0.05) is 31.7 Å². The molecule has 6 nitrogen and oxygen atoms in total. The molecule has 8 heteroatoms. The molecule has 3 aromatic rings. The minimum Gasteiger partial charge on any atom is -0.338 e. The first-order valence-electron chi connectivity index (χ1n) is 9.72. The molecule has 2 N–H and O–H groups in total. The summed E-state index contributed by atoms with van der Waals surface area (Å²) < 4.78 is 1.75. The van der Waals surface area contributed by atoms with Crippen LogP contribution in [0.25, 0.3) is 22.3 Å². The molecule has 162 valence electrons. The number of pyridine rings is 1. The lowest BCUT2D eigenvalue weighted by atomic mass is 9.79. The molecule has 30 heavy (non-hydrogen) atoms. The van der Waals surface area contributed by atoms with Crippen LogP contribution in [0.5, 0.6) is 0 Å². The van der Waals surface area contributed by atoms with Gasteiger partial charge in [-0.05, 0) is 24.8 Å². The van der Waals surface area contributed by atoms with E-state index in [0.717, 1.165) is 34.4 Å². The fourth-order valence-electron chi connectivity index (χ4n) is 4.09. The van der Waals surface area contributed by atoms with Gasteiger partial charge in [-0.2, -0.15) is 5.10 Å². The minimum atomic E-state index is -0.105. The largest absolute Gasteiger partial charge is 0.338 e. The van der Waals surface area contributed by atoms with E-state index in [4.69, 9.17) is 10.7 Å². The van der Waals surface area contributed by atoms with Crippen LogP contribution < -0.4 is 5.73 Å². The first-order chi connectivity index (χ1) is 13.3. The average molecular weight is 450 g/mol. The number of nitrogens with two attached hydrogens (primary N) is 1. The number of halogens is 2. The Labute approximate surface area is 189 Å². The van der Waals surface area contributed by atoms with Gasteiger partial charge in [0.15, 0.2) is 5.65 Å². The SMILES string of the molecule is Cc1nn(C)c2nc(-c3ccccc3)cc(C(=O)N3CCC(N)C(C)(C)C3)c12.Cl.Cl. The smallest absolute Gasteiger partial charge is 0.254 e. The molecule has 0 spiro atoms. The lowest BCUT2D eigenvalue weighted by molar-refractivity contribution is 0.0535. The Balaban J connectivity index is 0.00000160. The summed E-state index contributed by atoms with van der Waals surface area (Å²) in [5.74, 6) is 0.0284. The van der Waals surface area contributed by atoms with E-state index in [1.54, 1.807) is 4.68 Å². The van der Waals surface area contributed by atoms with Crippen LogP contribution in [0.4, 0.5) is 0 Å². The van der Waals surface area contributed by atoms with Crippen molar-refractivity contribution in [2.24, 2.45) is 18.2 Å². The Bertz CT molecular complexity index is 1050.